The minimum absolute atomic E-state index is 0. The zero-order chi connectivity index (χ0) is 3.41. The molecule has 0 radical (unpaired) electrons. The Kier molecular flexibility index (Phi) is 47.7. The molecule has 0 aromatic carbocycles. The van der Waals surface area contributed by atoms with Crippen molar-refractivity contribution in [3.8, 4) is 0 Å². The van der Waals surface area contributed by atoms with Gasteiger partial charge in [-0.25, -0.2) is 0 Å². The second-order valence-electron chi connectivity index (χ2n) is 0.577. The van der Waals surface area contributed by atoms with Crippen LogP contribution < -0.4 is 35.7 Å². The van der Waals surface area contributed by atoms with Crippen LogP contribution in [0.25, 0.3) is 0 Å². The molecular formula is C2H9Cl2N2-. The van der Waals surface area contributed by atoms with Gasteiger partial charge in [0.1, 0.15) is 0 Å². The number of nitrogens with one attached hydrogen (secondary N) is 1. The normalized spacial score (nSPS) is 5.00. The van der Waals surface area contributed by atoms with E-state index in [1.54, 1.807) is 0 Å². The van der Waals surface area contributed by atoms with E-state index >= 15 is 0 Å². The molecule has 0 heterocycles. The van der Waals surface area contributed by atoms with Crippen molar-refractivity contribution in [2.45, 2.75) is 0 Å². The van der Waals surface area contributed by atoms with Crippen molar-refractivity contribution < 1.29 is 30.2 Å². The summed E-state index contributed by atoms with van der Waals surface area (Å²) >= 11 is 0. The van der Waals surface area contributed by atoms with Gasteiger partial charge in [-0.1, -0.05) is 0 Å². The summed E-state index contributed by atoms with van der Waals surface area (Å²) in [6, 6.07) is 0. The van der Waals surface area contributed by atoms with E-state index in [9.17, 15) is 0 Å². The highest BCUT2D eigenvalue weighted by Gasteiger charge is 1.48. The highest BCUT2D eigenvalue weighted by atomic mass is 35.5. The number of quaternary nitrogens is 1. The van der Waals surface area contributed by atoms with Gasteiger partial charge >= 0.3 is 0 Å². The van der Waals surface area contributed by atoms with Crippen molar-refractivity contribution >= 4 is 0 Å². The summed E-state index contributed by atoms with van der Waals surface area (Å²) in [6.07, 6.45) is 0. The average molecular weight is 132 g/mol. The van der Waals surface area contributed by atoms with Gasteiger partial charge in [0.2, 0.25) is 0 Å². The Labute approximate surface area is 50.5 Å². The lowest BCUT2D eigenvalue weighted by molar-refractivity contribution is -0.681. The molecule has 0 aromatic rings. The Morgan fingerprint density at radius 2 is 1.50 bits per heavy atom. The first-order valence-electron chi connectivity index (χ1n) is 1.37. The molecule has 0 saturated heterocycles. The van der Waals surface area contributed by atoms with E-state index in [0.29, 0.717) is 0 Å². The fourth-order valence-corrected chi connectivity index (χ4v) is 0. The molecule has 0 fully saturated rings. The van der Waals surface area contributed by atoms with Gasteiger partial charge in [0, 0.05) is 7.05 Å². The Hall–Kier alpha value is 0.500. The molecule has 0 aromatic heterocycles. The van der Waals surface area contributed by atoms with Crippen LogP contribution in [0.15, 0.2) is 0 Å². The Morgan fingerprint density at radius 1 is 1.33 bits per heavy atom. The maximum absolute atomic E-state index is 2.81. The standard InChI is InChI=1S/C2H8N2.2ClH/c1-3-4-2;;/h3-4H,1-2H3;2*1H/p-1. The third-order valence-electron chi connectivity index (χ3n) is 0.289. The van der Waals surface area contributed by atoms with Crippen LogP contribution >= 0.6 is 0 Å². The van der Waals surface area contributed by atoms with E-state index < -0.39 is 0 Å². The molecule has 42 valence electrons. The van der Waals surface area contributed by atoms with Crippen LogP contribution in [0.3, 0.4) is 0 Å². The molecule has 6 heavy (non-hydrogen) atoms. The van der Waals surface area contributed by atoms with Crippen molar-refractivity contribution in [2.75, 3.05) is 14.1 Å². The number of hydrogen-bond donors (Lipinski definition) is 2. The molecule has 2 nitrogen and oxygen atoms in total. The van der Waals surface area contributed by atoms with Gasteiger partial charge in [-0.05, 0) is 0 Å². The van der Waals surface area contributed by atoms with Gasteiger partial charge in [-0.15, -0.1) is 0 Å². The van der Waals surface area contributed by atoms with Crippen LogP contribution in [0.4, 0.5) is 0 Å². The Balaban J connectivity index is -0.0000000450. The molecule has 0 unspecified atom stereocenters. The lowest BCUT2D eigenvalue weighted by Crippen LogP contribution is -3.00. The number of halogens is 2. The summed E-state index contributed by atoms with van der Waals surface area (Å²) in [5, 5.41) is 0. The smallest absolute Gasteiger partial charge is 0.0825 e. The molecule has 0 bridgehead atoms. The SMILES string of the molecule is CN[NH2+]C.[Cl-].[Cl-]. The van der Waals surface area contributed by atoms with E-state index in [-0.39, 0.29) is 24.8 Å². The van der Waals surface area contributed by atoms with E-state index in [4.69, 9.17) is 0 Å². The molecule has 0 atom stereocenters. The summed E-state index contributed by atoms with van der Waals surface area (Å²) in [7, 11) is 3.82. The molecule has 3 N–H and O–H groups in total. The molecule has 0 aliphatic carbocycles. The zero-order valence-electron chi connectivity index (χ0n) is 3.83. The predicted octanol–water partition coefficient (Wildman–Crippen LogP) is -7.68. The van der Waals surface area contributed by atoms with E-state index in [0.717, 1.165) is 0 Å². The Bertz CT molecular complexity index is 11.5. The maximum Gasteiger partial charge on any atom is 0.0825 e. The maximum atomic E-state index is 2.81. The van der Waals surface area contributed by atoms with Gasteiger partial charge in [0.05, 0.1) is 7.05 Å². The largest absolute Gasteiger partial charge is 1.00 e. The average Bonchev–Trinajstić information content (AvgIpc) is 1.37. The molecule has 0 aliphatic heterocycles. The number of hydrogen-bond acceptors (Lipinski definition) is 1. The summed E-state index contributed by atoms with van der Waals surface area (Å²) in [5.74, 6) is 0. The summed E-state index contributed by atoms with van der Waals surface area (Å²) in [6.45, 7) is 0. The van der Waals surface area contributed by atoms with Crippen LogP contribution in [0.1, 0.15) is 0 Å². The van der Waals surface area contributed by atoms with Gasteiger partial charge in [0.25, 0.3) is 0 Å². The first-order valence-corrected chi connectivity index (χ1v) is 1.37. The third-order valence-corrected chi connectivity index (χ3v) is 0.289. The topological polar surface area (TPSA) is 28.6 Å². The van der Waals surface area contributed by atoms with Crippen molar-refractivity contribution in [3.05, 3.63) is 0 Å². The van der Waals surface area contributed by atoms with Crippen molar-refractivity contribution in [3.63, 3.8) is 0 Å². The second kappa shape index (κ2) is 17.8. The molecule has 4 heteroatoms. The van der Waals surface area contributed by atoms with E-state index in [2.05, 4.69) is 5.43 Å². The predicted molar refractivity (Wildman–Crippen MR) is 16.9 cm³/mol. The molecule has 0 aliphatic rings. The number of nitrogens with two attached hydrogens (primary N) is 1. The highest BCUT2D eigenvalue weighted by Crippen LogP contribution is 0.823. The quantitative estimate of drug-likeness (QED) is 0.269. The molecule has 0 saturated carbocycles. The van der Waals surface area contributed by atoms with Crippen molar-refractivity contribution in [2.24, 2.45) is 0 Å². The van der Waals surface area contributed by atoms with Gasteiger partial charge in [-0.3, -0.25) is 5.43 Å². The lowest BCUT2D eigenvalue weighted by Gasteiger charge is -1.77. The molecular weight excluding hydrogens is 123 g/mol. The fraction of sp³-hybridized carbons (Fsp3) is 1.00. The van der Waals surface area contributed by atoms with Crippen LogP contribution in [0, 0.1) is 0 Å². The van der Waals surface area contributed by atoms with Gasteiger partial charge < -0.3 is 24.8 Å². The minimum atomic E-state index is 0. The highest BCUT2D eigenvalue weighted by molar-refractivity contribution is 3.66. The summed E-state index contributed by atoms with van der Waals surface area (Å²) in [4.78, 5) is 0. The van der Waals surface area contributed by atoms with Crippen LogP contribution in [0.2, 0.25) is 0 Å². The third kappa shape index (κ3) is 24.5. The zero-order valence-corrected chi connectivity index (χ0v) is 5.35. The van der Waals surface area contributed by atoms with Crippen molar-refractivity contribution in [1.29, 1.82) is 0 Å². The van der Waals surface area contributed by atoms with Crippen molar-refractivity contribution in [1.82, 2.24) is 5.43 Å². The lowest BCUT2D eigenvalue weighted by atomic mass is 11.4. The van der Waals surface area contributed by atoms with Crippen LogP contribution in [-0.2, 0) is 0 Å². The van der Waals surface area contributed by atoms with Crippen LogP contribution in [0.5, 0.6) is 0 Å². The first kappa shape index (κ1) is 16.1. The minimum Gasteiger partial charge on any atom is -1.00 e. The molecule has 0 rings (SSSR count). The molecule has 0 amide bonds. The van der Waals surface area contributed by atoms with E-state index in [1.807, 2.05) is 19.5 Å². The monoisotopic (exact) mass is 131 g/mol. The summed E-state index contributed by atoms with van der Waals surface area (Å²) < 4.78 is 0. The van der Waals surface area contributed by atoms with E-state index in [1.165, 1.54) is 0 Å². The second-order valence-corrected chi connectivity index (χ2v) is 0.577. The summed E-state index contributed by atoms with van der Waals surface area (Å²) in [5.41, 5.74) is 4.68. The first-order chi connectivity index (χ1) is 1.91. The Morgan fingerprint density at radius 3 is 1.50 bits per heavy atom. The molecule has 0 spiro atoms. The van der Waals surface area contributed by atoms with Gasteiger partial charge in [-0.2, -0.15) is 5.43 Å². The van der Waals surface area contributed by atoms with Crippen LogP contribution in [-0.4, -0.2) is 14.1 Å². The van der Waals surface area contributed by atoms with Gasteiger partial charge in [0.15, 0.2) is 0 Å². The number of rotatable bonds is 1. The fourth-order valence-electron chi connectivity index (χ4n) is 0.